The van der Waals surface area contributed by atoms with Crippen LogP contribution in [-0.4, -0.2) is 26.8 Å². The first kappa shape index (κ1) is 17.1. The van der Waals surface area contributed by atoms with E-state index in [0.717, 1.165) is 32.5 Å². The van der Waals surface area contributed by atoms with Crippen LogP contribution in [0.3, 0.4) is 0 Å². The van der Waals surface area contributed by atoms with Gasteiger partial charge in [0, 0.05) is 20.2 Å². The molecule has 0 radical (unpaired) electrons. The van der Waals surface area contributed by atoms with Crippen molar-refractivity contribution in [2.24, 2.45) is 5.41 Å². The highest BCUT2D eigenvalue weighted by atomic mass is 19.1. The Morgan fingerprint density at radius 2 is 1.85 bits per heavy atom. The molecule has 1 rings (SSSR count). The van der Waals surface area contributed by atoms with Crippen LogP contribution in [-0.2, 0) is 4.74 Å². The lowest BCUT2D eigenvalue weighted by Gasteiger charge is -2.24. The Balaban J connectivity index is 2.60. The zero-order chi connectivity index (χ0) is 15.0. The van der Waals surface area contributed by atoms with Crippen molar-refractivity contribution in [3.8, 4) is 0 Å². The van der Waals surface area contributed by atoms with E-state index in [1.54, 1.807) is 19.2 Å². The molecule has 2 nitrogen and oxygen atoms in total. The Kier molecular flexibility index (Phi) is 7.17. The summed E-state index contributed by atoms with van der Waals surface area (Å²) in [5.74, 6) is 0.252. The van der Waals surface area contributed by atoms with E-state index in [2.05, 4.69) is 26.1 Å². The SMILES string of the molecule is COCCNCC(CCC(C)(C)C)c1ccc(F)cc1. The summed E-state index contributed by atoms with van der Waals surface area (Å²) < 4.78 is 18.1. The normalized spacial score (nSPS) is 13.4. The van der Waals surface area contributed by atoms with Gasteiger partial charge in [-0.2, -0.15) is 0 Å². The predicted octanol–water partition coefficient (Wildman–Crippen LogP) is 3.97. The minimum absolute atomic E-state index is 0.171. The Morgan fingerprint density at radius 1 is 1.20 bits per heavy atom. The van der Waals surface area contributed by atoms with Crippen LogP contribution < -0.4 is 5.32 Å². The van der Waals surface area contributed by atoms with Crippen LogP contribution >= 0.6 is 0 Å². The first-order chi connectivity index (χ1) is 9.42. The summed E-state index contributed by atoms with van der Waals surface area (Å²) >= 11 is 0. The zero-order valence-corrected chi connectivity index (χ0v) is 13.2. The average molecular weight is 281 g/mol. The van der Waals surface area contributed by atoms with Crippen LogP contribution in [0.15, 0.2) is 24.3 Å². The van der Waals surface area contributed by atoms with E-state index >= 15 is 0 Å². The molecule has 0 saturated heterocycles. The largest absolute Gasteiger partial charge is 0.383 e. The topological polar surface area (TPSA) is 21.3 Å². The first-order valence-corrected chi connectivity index (χ1v) is 7.37. The molecule has 1 aromatic rings. The number of ether oxygens (including phenoxy) is 1. The minimum atomic E-state index is -0.171. The molecule has 0 heterocycles. The fraction of sp³-hybridized carbons (Fsp3) is 0.647. The number of halogens is 1. The summed E-state index contributed by atoms with van der Waals surface area (Å²) in [7, 11) is 1.71. The van der Waals surface area contributed by atoms with Gasteiger partial charge in [0.1, 0.15) is 5.82 Å². The second-order valence-electron chi connectivity index (χ2n) is 6.54. The monoisotopic (exact) mass is 281 g/mol. The van der Waals surface area contributed by atoms with E-state index in [1.165, 1.54) is 5.56 Å². The van der Waals surface area contributed by atoms with Gasteiger partial charge in [-0.3, -0.25) is 0 Å². The van der Waals surface area contributed by atoms with Gasteiger partial charge < -0.3 is 10.1 Å². The summed E-state index contributed by atoms with van der Waals surface area (Å²) in [5.41, 5.74) is 1.53. The zero-order valence-electron chi connectivity index (χ0n) is 13.2. The maximum Gasteiger partial charge on any atom is 0.123 e. The predicted molar refractivity (Wildman–Crippen MR) is 82.6 cm³/mol. The van der Waals surface area contributed by atoms with Crippen LogP contribution in [0.5, 0.6) is 0 Å². The summed E-state index contributed by atoms with van der Waals surface area (Å²) in [6, 6.07) is 6.91. The van der Waals surface area contributed by atoms with E-state index in [-0.39, 0.29) is 5.82 Å². The maximum absolute atomic E-state index is 13.0. The summed E-state index contributed by atoms with van der Waals surface area (Å²) in [4.78, 5) is 0. The van der Waals surface area contributed by atoms with Gasteiger partial charge in [0.05, 0.1) is 6.61 Å². The standard InChI is InChI=1S/C17H28FNO/c1-17(2,3)10-9-15(13-19-11-12-20-4)14-5-7-16(18)8-6-14/h5-8,15,19H,9-13H2,1-4H3. The molecule has 1 N–H and O–H groups in total. The summed E-state index contributed by atoms with van der Waals surface area (Å²) in [6.07, 6.45) is 2.26. The van der Waals surface area contributed by atoms with Crippen molar-refractivity contribution in [1.82, 2.24) is 5.32 Å². The van der Waals surface area contributed by atoms with E-state index in [0.29, 0.717) is 11.3 Å². The molecule has 0 bridgehead atoms. The van der Waals surface area contributed by atoms with E-state index in [1.807, 2.05) is 12.1 Å². The van der Waals surface area contributed by atoms with Crippen LogP contribution in [0.25, 0.3) is 0 Å². The van der Waals surface area contributed by atoms with Crippen LogP contribution in [0.2, 0.25) is 0 Å². The average Bonchev–Trinajstić information content (AvgIpc) is 2.38. The number of benzene rings is 1. The molecule has 114 valence electrons. The number of hydrogen-bond acceptors (Lipinski definition) is 2. The third-order valence-electron chi connectivity index (χ3n) is 3.46. The van der Waals surface area contributed by atoms with Gasteiger partial charge in [0.15, 0.2) is 0 Å². The maximum atomic E-state index is 13.0. The number of hydrogen-bond donors (Lipinski definition) is 1. The van der Waals surface area contributed by atoms with Crippen molar-refractivity contribution in [3.05, 3.63) is 35.6 Å². The van der Waals surface area contributed by atoms with Crippen LogP contribution in [0, 0.1) is 11.2 Å². The smallest absolute Gasteiger partial charge is 0.123 e. The van der Waals surface area contributed by atoms with E-state index < -0.39 is 0 Å². The molecule has 0 spiro atoms. The molecule has 0 amide bonds. The van der Waals surface area contributed by atoms with Crippen LogP contribution in [0.4, 0.5) is 4.39 Å². The molecule has 0 saturated carbocycles. The van der Waals surface area contributed by atoms with Crippen molar-refractivity contribution in [2.45, 2.75) is 39.5 Å². The fourth-order valence-corrected chi connectivity index (χ4v) is 2.18. The van der Waals surface area contributed by atoms with Crippen molar-refractivity contribution in [2.75, 3.05) is 26.8 Å². The third kappa shape index (κ3) is 7.01. The molecular formula is C17H28FNO. The van der Waals surface area contributed by atoms with Crippen LogP contribution in [0.1, 0.15) is 45.1 Å². The molecule has 1 atom stereocenters. The summed E-state index contributed by atoms with van der Waals surface area (Å²) in [6.45, 7) is 9.25. The molecule has 20 heavy (non-hydrogen) atoms. The van der Waals surface area contributed by atoms with Gasteiger partial charge in [-0.15, -0.1) is 0 Å². The number of methoxy groups -OCH3 is 1. The number of nitrogens with one attached hydrogen (secondary N) is 1. The Hall–Kier alpha value is -0.930. The van der Waals surface area contributed by atoms with Gasteiger partial charge in [0.25, 0.3) is 0 Å². The van der Waals surface area contributed by atoms with Gasteiger partial charge in [0.2, 0.25) is 0 Å². The molecule has 1 unspecified atom stereocenters. The van der Waals surface area contributed by atoms with E-state index in [4.69, 9.17) is 4.74 Å². The number of rotatable bonds is 8. The molecular weight excluding hydrogens is 253 g/mol. The molecule has 1 aromatic carbocycles. The summed E-state index contributed by atoms with van der Waals surface area (Å²) in [5, 5.41) is 3.42. The first-order valence-electron chi connectivity index (χ1n) is 7.37. The highest BCUT2D eigenvalue weighted by molar-refractivity contribution is 5.20. The lowest BCUT2D eigenvalue weighted by Crippen LogP contribution is -2.26. The molecule has 0 fully saturated rings. The minimum Gasteiger partial charge on any atom is -0.383 e. The Morgan fingerprint density at radius 3 is 2.40 bits per heavy atom. The highest BCUT2D eigenvalue weighted by Crippen LogP contribution is 2.28. The van der Waals surface area contributed by atoms with Gasteiger partial charge >= 0.3 is 0 Å². The lowest BCUT2D eigenvalue weighted by atomic mass is 9.84. The van der Waals surface area contributed by atoms with Crippen molar-refractivity contribution in [1.29, 1.82) is 0 Å². The Bertz CT molecular complexity index is 370. The van der Waals surface area contributed by atoms with Gasteiger partial charge in [-0.05, 0) is 41.9 Å². The molecule has 0 aliphatic carbocycles. The molecule has 0 aliphatic heterocycles. The van der Waals surface area contributed by atoms with Crippen molar-refractivity contribution >= 4 is 0 Å². The third-order valence-corrected chi connectivity index (χ3v) is 3.46. The van der Waals surface area contributed by atoms with Crippen molar-refractivity contribution in [3.63, 3.8) is 0 Å². The highest BCUT2D eigenvalue weighted by Gasteiger charge is 2.16. The quantitative estimate of drug-likeness (QED) is 0.728. The van der Waals surface area contributed by atoms with Crippen molar-refractivity contribution < 1.29 is 9.13 Å². The second-order valence-corrected chi connectivity index (χ2v) is 6.54. The van der Waals surface area contributed by atoms with Gasteiger partial charge in [-0.25, -0.2) is 4.39 Å². The lowest BCUT2D eigenvalue weighted by molar-refractivity contribution is 0.198. The van der Waals surface area contributed by atoms with Gasteiger partial charge in [-0.1, -0.05) is 32.9 Å². The molecule has 3 heteroatoms. The molecule has 0 aliphatic rings. The Labute approximate surface area is 122 Å². The fourth-order valence-electron chi connectivity index (χ4n) is 2.18. The second kappa shape index (κ2) is 8.38. The molecule has 0 aromatic heterocycles. The van der Waals surface area contributed by atoms with E-state index in [9.17, 15) is 4.39 Å².